The second kappa shape index (κ2) is 8.24. The van der Waals surface area contributed by atoms with Crippen molar-refractivity contribution in [3.63, 3.8) is 0 Å². The van der Waals surface area contributed by atoms with Gasteiger partial charge >= 0.3 is 17.8 Å². The molecule has 0 bridgehead atoms. The van der Waals surface area contributed by atoms with Crippen LogP contribution in [0.3, 0.4) is 0 Å². The number of ether oxygens (including phenoxy) is 1. The van der Waals surface area contributed by atoms with Crippen LogP contribution in [-0.2, 0) is 9.53 Å². The average molecular weight is 436 g/mol. The quantitative estimate of drug-likeness (QED) is 0.548. The maximum Gasteiger partial charge on any atom is 0.441 e. The van der Waals surface area contributed by atoms with Crippen LogP contribution in [0.25, 0.3) is 0 Å². The molecule has 1 amide bonds. The maximum absolute atomic E-state index is 14.0. The summed E-state index contributed by atoms with van der Waals surface area (Å²) >= 11 is 11.6. The Kier molecular flexibility index (Phi) is 6.41. The Morgan fingerprint density at radius 3 is 2.39 bits per heavy atom. The predicted molar refractivity (Wildman–Crippen MR) is 97.3 cm³/mol. The maximum atomic E-state index is 14.0. The van der Waals surface area contributed by atoms with Crippen LogP contribution in [0.1, 0.15) is 15.9 Å². The van der Waals surface area contributed by atoms with Crippen LogP contribution in [-0.4, -0.2) is 35.8 Å². The summed E-state index contributed by atoms with van der Waals surface area (Å²) < 4.78 is 46.3. The van der Waals surface area contributed by atoms with Gasteiger partial charge in [0, 0.05) is 11.8 Å². The Labute approximate surface area is 168 Å². The van der Waals surface area contributed by atoms with Crippen molar-refractivity contribution in [1.29, 1.82) is 0 Å². The normalized spacial score (nSPS) is 13.4. The molecule has 1 heterocycles. The van der Waals surface area contributed by atoms with E-state index >= 15 is 0 Å². The summed E-state index contributed by atoms with van der Waals surface area (Å²) in [6.45, 7) is 1.66. The monoisotopic (exact) mass is 435 g/mol. The molecule has 2 aromatic rings. The van der Waals surface area contributed by atoms with Crippen molar-refractivity contribution in [2.45, 2.75) is 18.8 Å². The molecule has 1 aromatic carbocycles. The lowest BCUT2D eigenvalue weighted by Gasteiger charge is -2.34. The Bertz CT molecular complexity index is 909. The first-order valence-corrected chi connectivity index (χ1v) is 8.39. The number of methoxy groups -OCH3 is 1. The fraction of sp³-hybridized carbons (Fsp3) is 0.235. The molecule has 0 radical (unpaired) electrons. The first-order valence-electron chi connectivity index (χ1n) is 7.63. The second-order valence-electron chi connectivity index (χ2n) is 5.67. The minimum atomic E-state index is -5.32. The number of aromatic nitrogens is 1. The predicted octanol–water partition coefficient (Wildman–Crippen LogP) is 3.97. The smallest absolute Gasteiger partial charge is 0.441 e. The Morgan fingerprint density at radius 2 is 1.86 bits per heavy atom. The zero-order valence-corrected chi connectivity index (χ0v) is 16.0. The van der Waals surface area contributed by atoms with Crippen molar-refractivity contribution < 1.29 is 27.5 Å². The number of amides is 1. The van der Waals surface area contributed by atoms with Crippen molar-refractivity contribution in [2.75, 3.05) is 12.4 Å². The SMILES string of the molecule is COC(=O)[C@](NC(=O)c1cccc(C)c1)(Nc1ncc(Cl)cc1Cl)C(F)(F)F. The van der Waals surface area contributed by atoms with Crippen LogP contribution < -0.4 is 10.6 Å². The lowest BCUT2D eigenvalue weighted by atomic mass is 10.1. The molecule has 28 heavy (non-hydrogen) atoms. The van der Waals surface area contributed by atoms with Crippen LogP contribution >= 0.6 is 23.2 Å². The van der Waals surface area contributed by atoms with E-state index < -0.39 is 29.5 Å². The highest BCUT2D eigenvalue weighted by atomic mass is 35.5. The number of halogens is 5. The number of benzene rings is 1. The summed E-state index contributed by atoms with van der Waals surface area (Å²) in [6, 6.07) is 6.93. The molecule has 0 saturated carbocycles. The molecular formula is C17H14Cl2F3N3O3. The second-order valence-corrected chi connectivity index (χ2v) is 6.52. The molecule has 0 aliphatic heterocycles. The van der Waals surface area contributed by atoms with Crippen LogP contribution in [0.15, 0.2) is 36.5 Å². The summed E-state index contributed by atoms with van der Waals surface area (Å²) in [5.41, 5.74) is -3.10. The average Bonchev–Trinajstić information content (AvgIpc) is 2.61. The van der Waals surface area contributed by atoms with Crippen molar-refractivity contribution in [3.8, 4) is 0 Å². The Morgan fingerprint density at radius 1 is 1.18 bits per heavy atom. The van der Waals surface area contributed by atoms with Crippen molar-refractivity contribution in [3.05, 3.63) is 57.7 Å². The summed E-state index contributed by atoms with van der Waals surface area (Å²) in [5, 5.41) is 3.30. The van der Waals surface area contributed by atoms with Crippen molar-refractivity contribution >= 4 is 40.9 Å². The highest BCUT2D eigenvalue weighted by Crippen LogP contribution is 2.35. The van der Waals surface area contributed by atoms with Gasteiger partial charge in [0.05, 0.1) is 17.2 Å². The first-order chi connectivity index (χ1) is 13.0. The Balaban J connectivity index is 2.54. The van der Waals surface area contributed by atoms with Gasteiger partial charge in [-0.2, -0.15) is 13.2 Å². The van der Waals surface area contributed by atoms with Crippen LogP contribution in [0, 0.1) is 6.92 Å². The van der Waals surface area contributed by atoms with Crippen LogP contribution in [0.5, 0.6) is 0 Å². The Hall–Kier alpha value is -2.52. The van der Waals surface area contributed by atoms with E-state index in [-0.39, 0.29) is 15.6 Å². The number of carbonyl (C=O) groups is 2. The largest absolute Gasteiger partial charge is 0.466 e. The third-order valence-corrected chi connectivity index (χ3v) is 4.11. The molecule has 1 atom stereocenters. The van der Waals surface area contributed by atoms with Gasteiger partial charge in [-0.05, 0) is 25.1 Å². The van der Waals surface area contributed by atoms with Crippen molar-refractivity contribution in [1.82, 2.24) is 10.3 Å². The van der Waals surface area contributed by atoms with Gasteiger partial charge in [0.25, 0.3) is 5.91 Å². The molecule has 6 nitrogen and oxygen atoms in total. The topological polar surface area (TPSA) is 80.3 Å². The third-order valence-electron chi connectivity index (χ3n) is 3.61. The van der Waals surface area contributed by atoms with E-state index in [2.05, 4.69) is 9.72 Å². The summed E-state index contributed by atoms with van der Waals surface area (Å²) in [7, 11) is 0.750. The minimum Gasteiger partial charge on any atom is -0.466 e. The zero-order chi connectivity index (χ0) is 21.1. The molecule has 0 spiro atoms. The fourth-order valence-electron chi connectivity index (χ4n) is 2.26. The van der Waals surface area contributed by atoms with Gasteiger partial charge in [-0.1, -0.05) is 40.9 Å². The van der Waals surface area contributed by atoms with Gasteiger partial charge < -0.3 is 15.4 Å². The number of alkyl halides is 3. The fourth-order valence-corrected chi connectivity index (χ4v) is 2.68. The van der Waals surface area contributed by atoms with Gasteiger partial charge in [-0.15, -0.1) is 0 Å². The summed E-state index contributed by atoms with van der Waals surface area (Å²) in [5.74, 6) is -3.50. The molecule has 150 valence electrons. The highest BCUT2D eigenvalue weighted by Gasteiger charge is 2.64. The number of anilines is 1. The van der Waals surface area contributed by atoms with Gasteiger partial charge in [-0.3, -0.25) is 4.79 Å². The van der Waals surface area contributed by atoms with Crippen LogP contribution in [0.4, 0.5) is 19.0 Å². The number of nitrogens with zero attached hydrogens (tertiary/aromatic N) is 1. The minimum absolute atomic E-state index is 0.0648. The molecule has 1 aromatic heterocycles. The van der Waals surface area contributed by atoms with Gasteiger partial charge in [0.1, 0.15) is 5.82 Å². The van der Waals surface area contributed by atoms with Crippen molar-refractivity contribution in [2.24, 2.45) is 0 Å². The molecule has 11 heteroatoms. The van der Waals surface area contributed by atoms with E-state index in [9.17, 15) is 22.8 Å². The van der Waals surface area contributed by atoms with Crippen LogP contribution in [0.2, 0.25) is 10.0 Å². The third kappa shape index (κ3) is 4.48. The standard InChI is InChI=1S/C17H14Cl2F3N3O3/c1-9-4-3-5-10(6-9)14(26)25-16(15(27)28-2,17(20,21)22)24-13-12(19)7-11(18)8-23-13/h3-8H,1-2H3,(H,23,24)(H,25,26)/t16-/m1/s1. The molecule has 0 aliphatic rings. The number of hydrogen-bond acceptors (Lipinski definition) is 5. The number of carbonyl (C=O) groups excluding carboxylic acids is 2. The van der Waals surface area contributed by atoms with Gasteiger partial charge in [-0.25, -0.2) is 9.78 Å². The van der Waals surface area contributed by atoms with E-state index in [1.54, 1.807) is 18.3 Å². The summed E-state index contributed by atoms with van der Waals surface area (Å²) in [6.07, 6.45) is -4.29. The molecule has 0 aliphatic carbocycles. The molecule has 0 fully saturated rings. The number of rotatable bonds is 5. The lowest BCUT2D eigenvalue weighted by molar-refractivity contribution is -0.203. The number of hydrogen-bond donors (Lipinski definition) is 2. The molecular weight excluding hydrogens is 422 g/mol. The van der Waals surface area contributed by atoms with Gasteiger partial charge in [0.15, 0.2) is 0 Å². The van der Waals surface area contributed by atoms with E-state index in [4.69, 9.17) is 23.2 Å². The first kappa shape index (κ1) is 21.8. The number of aryl methyl sites for hydroxylation is 1. The molecule has 0 unspecified atom stereocenters. The van der Waals surface area contributed by atoms with Gasteiger partial charge in [0.2, 0.25) is 0 Å². The molecule has 2 N–H and O–H groups in total. The van der Waals surface area contributed by atoms with E-state index in [1.807, 2.05) is 5.32 Å². The number of nitrogens with one attached hydrogen (secondary N) is 2. The lowest BCUT2D eigenvalue weighted by Crippen LogP contribution is -2.69. The van der Waals surface area contributed by atoms with E-state index in [1.165, 1.54) is 18.2 Å². The number of esters is 1. The summed E-state index contributed by atoms with van der Waals surface area (Å²) in [4.78, 5) is 28.3. The molecule has 2 rings (SSSR count). The van der Waals surface area contributed by atoms with E-state index in [0.29, 0.717) is 5.56 Å². The highest BCUT2D eigenvalue weighted by molar-refractivity contribution is 6.36. The van der Waals surface area contributed by atoms with E-state index in [0.717, 1.165) is 19.4 Å². The zero-order valence-electron chi connectivity index (χ0n) is 14.5. The number of pyridine rings is 1. The molecule has 0 saturated heterocycles.